The smallest absolute Gasteiger partial charge is 0.256 e. The summed E-state index contributed by atoms with van der Waals surface area (Å²) in [6.07, 6.45) is 5.77. The van der Waals surface area contributed by atoms with Gasteiger partial charge in [-0.2, -0.15) is 5.26 Å². The number of aryl methyl sites for hydroxylation is 1. The maximum Gasteiger partial charge on any atom is 0.256 e. The minimum atomic E-state index is -0.327. The van der Waals surface area contributed by atoms with Crippen molar-refractivity contribution in [2.24, 2.45) is 0 Å². The molecule has 7 heteroatoms. The highest BCUT2D eigenvalue weighted by Crippen LogP contribution is 2.25. The SMILES string of the molecule is Cc1oc(-n2cccc2)c(C#N)c1C(=O)NCCCOCc1ccco1. The average molecular weight is 353 g/mol. The van der Waals surface area contributed by atoms with Crippen LogP contribution in [0.2, 0.25) is 0 Å². The zero-order chi connectivity index (χ0) is 18.4. The van der Waals surface area contributed by atoms with Crippen LogP contribution in [0.4, 0.5) is 0 Å². The van der Waals surface area contributed by atoms with Gasteiger partial charge in [0.2, 0.25) is 5.88 Å². The molecule has 0 saturated heterocycles. The molecule has 3 rings (SSSR count). The van der Waals surface area contributed by atoms with E-state index in [1.54, 1.807) is 36.2 Å². The summed E-state index contributed by atoms with van der Waals surface area (Å²) in [5, 5.41) is 12.3. The number of aromatic nitrogens is 1. The van der Waals surface area contributed by atoms with Crippen molar-refractivity contribution in [2.45, 2.75) is 20.0 Å². The molecule has 0 aliphatic carbocycles. The van der Waals surface area contributed by atoms with E-state index in [2.05, 4.69) is 11.4 Å². The molecule has 3 aromatic heterocycles. The molecular weight excluding hydrogens is 334 g/mol. The van der Waals surface area contributed by atoms with E-state index >= 15 is 0 Å². The van der Waals surface area contributed by atoms with Crippen LogP contribution in [0.15, 0.2) is 51.8 Å². The summed E-state index contributed by atoms with van der Waals surface area (Å²) in [6, 6.07) is 9.36. The largest absolute Gasteiger partial charge is 0.467 e. The molecule has 0 atom stereocenters. The normalized spacial score (nSPS) is 10.6. The topological polar surface area (TPSA) is 93.3 Å². The first-order valence-electron chi connectivity index (χ1n) is 8.26. The molecule has 3 aromatic rings. The van der Waals surface area contributed by atoms with Crippen LogP contribution in [0.5, 0.6) is 0 Å². The summed E-state index contributed by atoms with van der Waals surface area (Å²) in [5.74, 6) is 1.20. The molecule has 0 bridgehead atoms. The highest BCUT2D eigenvalue weighted by molar-refractivity contribution is 5.98. The van der Waals surface area contributed by atoms with Gasteiger partial charge in [0, 0.05) is 25.5 Å². The number of carbonyl (C=O) groups is 1. The number of nitriles is 1. The van der Waals surface area contributed by atoms with Crippen molar-refractivity contribution in [1.82, 2.24) is 9.88 Å². The van der Waals surface area contributed by atoms with Crippen molar-refractivity contribution in [2.75, 3.05) is 13.2 Å². The summed E-state index contributed by atoms with van der Waals surface area (Å²) in [4.78, 5) is 12.5. The molecule has 134 valence electrons. The van der Waals surface area contributed by atoms with Gasteiger partial charge in [-0.05, 0) is 37.6 Å². The minimum Gasteiger partial charge on any atom is -0.467 e. The Morgan fingerprint density at radius 1 is 1.35 bits per heavy atom. The molecule has 0 fully saturated rings. The molecule has 0 aliphatic heterocycles. The second-order valence-corrected chi connectivity index (χ2v) is 5.66. The number of rotatable bonds is 8. The molecule has 0 saturated carbocycles. The van der Waals surface area contributed by atoms with Gasteiger partial charge < -0.3 is 18.9 Å². The Bertz CT molecular complexity index is 886. The zero-order valence-electron chi connectivity index (χ0n) is 14.4. The highest BCUT2D eigenvalue weighted by Gasteiger charge is 2.24. The van der Waals surface area contributed by atoms with Crippen LogP contribution >= 0.6 is 0 Å². The van der Waals surface area contributed by atoms with Crippen LogP contribution in [0.3, 0.4) is 0 Å². The number of nitrogens with zero attached hydrogens (tertiary/aromatic N) is 2. The second-order valence-electron chi connectivity index (χ2n) is 5.66. The van der Waals surface area contributed by atoms with Crippen molar-refractivity contribution in [3.8, 4) is 12.0 Å². The van der Waals surface area contributed by atoms with E-state index in [0.29, 0.717) is 37.8 Å². The van der Waals surface area contributed by atoms with E-state index in [4.69, 9.17) is 13.6 Å². The summed E-state index contributed by atoms with van der Waals surface area (Å²) < 4.78 is 17.9. The Morgan fingerprint density at radius 2 is 2.15 bits per heavy atom. The van der Waals surface area contributed by atoms with Gasteiger partial charge in [0.1, 0.15) is 35.3 Å². The Morgan fingerprint density at radius 3 is 2.85 bits per heavy atom. The molecular formula is C19H19N3O4. The van der Waals surface area contributed by atoms with E-state index in [1.807, 2.05) is 18.2 Å². The number of amides is 1. The Labute approximate surface area is 150 Å². The molecule has 0 unspecified atom stereocenters. The molecule has 0 aromatic carbocycles. The third-order valence-corrected chi connectivity index (χ3v) is 3.82. The standard InChI is InChI=1S/C19H19N3O4/c1-14-17(16(12-20)19(26-14)22-8-2-3-9-22)18(23)21-7-5-10-24-13-15-6-4-11-25-15/h2-4,6,8-9,11H,5,7,10,13H2,1H3,(H,21,23). The molecule has 3 heterocycles. The maximum absolute atomic E-state index is 12.5. The van der Waals surface area contributed by atoms with E-state index < -0.39 is 0 Å². The summed E-state index contributed by atoms with van der Waals surface area (Å²) >= 11 is 0. The van der Waals surface area contributed by atoms with Gasteiger partial charge >= 0.3 is 0 Å². The van der Waals surface area contributed by atoms with Crippen molar-refractivity contribution >= 4 is 5.91 Å². The molecule has 0 radical (unpaired) electrons. The zero-order valence-corrected chi connectivity index (χ0v) is 14.4. The van der Waals surface area contributed by atoms with E-state index in [-0.39, 0.29) is 17.0 Å². The lowest BCUT2D eigenvalue weighted by Crippen LogP contribution is -2.26. The molecule has 0 spiro atoms. The van der Waals surface area contributed by atoms with Crippen LogP contribution in [-0.4, -0.2) is 23.6 Å². The lowest BCUT2D eigenvalue weighted by Gasteiger charge is -2.05. The first-order chi connectivity index (χ1) is 12.7. The van der Waals surface area contributed by atoms with E-state index in [9.17, 15) is 10.1 Å². The van der Waals surface area contributed by atoms with Gasteiger partial charge in [0.25, 0.3) is 5.91 Å². The number of nitrogens with one attached hydrogen (secondary N) is 1. The Kier molecular flexibility index (Phi) is 5.56. The van der Waals surface area contributed by atoms with Crippen molar-refractivity contribution in [3.63, 3.8) is 0 Å². The number of hydrogen-bond donors (Lipinski definition) is 1. The fourth-order valence-corrected chi connectivity index (χ4v) is 2.59. The first kappa shape index (κ1) is 17.6. The molecule has 1 N–H and O–H groups in total. The fourth-order valence-electron chi connectivity index (χ4n) is 2.59. The van der Waals surface area contributed by atoms with Crippen LogP contribution in [0.1, 0.15) is 33.9 Å². The van der Waals surface area contributed by atoms with Crippen molar-refractivity contribution in [3.05, 3.63) is 65.6 Å². The molecule has 0 aliphatic rings. The third-order valence-electron chi connectivity index (χ3n) is 3.82. The van der Waals surface area contributed by atoms with Gasteiger partial charge in [0.05, 0.1) is 6.26 Å². The van der Waals surface area contributed by atoms with Crippen molar-refractivity contribution in [1.29, 1.82) is 5.26 Å². The summed E-state index contributed by atoms with van der Waals surface area (Å²) in [6.45, 7) is 3.01. The fraction of sp³-hybridized carbons (Fsp3) is 0.263. The molecule has 26 heavy (non-hydrogen) atoms. The third kappa shape index (κ3) is 3.87. The van der Waals surface area contributed by atoms with E-state index in [0.717, 1.165) is 5.76 Å². The maximum atomic E-state index is 12.5. The second kappa shape index (κ2) is 8.23. The lowest BCUT2D eigenvalue weighted by molar-refractivity contribution is 0.0915. The monoisotopic (exact) mass is 353 g/mol. The molecule has 7 nitrogen and oxygen atoms in total. The van der Waals surface area contributed by atoms with Gasteiger partial charge in [-0.1, -0.05) is 0 Å². The number of furan rings is 2. The van der Waals surface area contributed by atoms with E-state index in [1.165, 1.54) is 0 Å². The van der Waals surface area contributed by atoms with Gasteiger partial charge in [-0.3, -0.25) is 9.36 Å². The predicted molar refractivity (Wildman–Crippen MR) is 92.8 cm³/mol. The van der Waals surface area contributed by atoms with Crippen LogP contribution < -0.4 is 5.32 Å². The minimum absolute atomic E-state index is 0.227. The van der Waals surface area contributed by atoms with Gasteiger partial charge in [-0.15, -0.1) is 0 Å². The lowest BCUT2D eigenvalue weighted by atomic mass is 10.1. The van der Waals surface area contributed by atoms with Crippen LogP contribution in [-0.2, 0) is 11.3 Å². The molecule has 1 amide bonds. The number of carbonyl (C=O) groups excluding carboxylic acids is 1. The van der Waals surface area contributed by atoms with Crippen LogP contribution in [0.25, 0.3) is 5.88 Å². The Balaban J connectivity index is 1.54. The highest BCUT2D eigenvalue weighted by atomic mass is 16.5. The van der Waals surface area contributed by atoms with Gasteiger partial charge in [-0.25, -0.2) is 0 Å². The van der Waals surface area contributed by atoms with Crippen LogP contribution in [0, 0.1) is 18.3 Å². The first-order valence-corrected chi connectivity index (χ1v) is 8.26. The number of ether oxygens (including phenoxy) is 1. The van der Waals surface area contributed by atoms with Gasteiger partial charge in [0.15, 0.2) is 0 Å². The predicted octanol–water partition coefficient (Wildman–Crippen LogP) is 3.18. The summed E-state index contributed by atoms with van der Waals surface area (Å²) in [7, 11) is 0. The van der Waals surface area contributed by atoms with Crippen molar-refractivity contribution < 1.29 is 18.4 Å². The quantitative estimate of drug-likeness (QED) is 0.628. The Hall–Kier alpha value is -3.24. The summed E-state index contributed by atoms with van der Waals surface area (Å²) in [5.41, 5.74) is 0.498. The average Bonchev–Trinajstić information content (AvgIpc) is 3.37. The number of hydrogen-bond acceptors (Lipinski definition) is 5.